The number of anilines is 1. The molecule has 0 heterocycles. The quantitative estimate of drug-likeness (QED) is 0.723. The standard InChI is InChI=1S/C19H22N2O4.ClH/c1-13(18(20)14-7-4-3-5-8-14)19(23)21-15-9-6-10-16(11-15)25-12-17(22)24-2;/h3-11,13,18H,12,20H2,1-2H3,(H,21,23);1H. The second-order valence-corrected chi connectivity index (χ2v) is 5.61. The molecule has 2 aromatic carbocycles. The van der Waals surface area contributed by atoms with Crippen LogP contribution in [-0.2, 0) is 14.3 Å². The Morgan fingerprint density at radius 3 is 2.46 bits per heavy atom. The molecular formula is C19H23ClN2O4. The number of hydrogen-bond donors (Lipinski definition) is 2. The molecule has 140 valence electrons. The van der Waals surface area contributed by atoms with Gasteiger partial charge in [-0.1, -0.05) is 43.3 Å². The fourth-order valence-electron chi connectivity index (χ4n) is 2.25. The van der Waals surface area contributed by atoms with E-state index in [1.165, 1.54) is 7.11 Å². The Hall–Kier alpha value is -2.57. The van der Waals surface area contributed by atoms with E-state index in [4.69, 9.17) is 10.5 Å². The molecular weight excluding hydrogens is 356 g/mol. The number of ether oxygens (including phenoxy) is 2. The van der Waals surface area contributed by atoms with Crippen LogP contribution >= 0.6 is 12.4 Å². The molecule has 7 heteroatoms. The summed E-state index contributed by atoms with van der Waals surface area (Å²) in [5, 5.41) is 2.82. The van der Waals surface area contributed by atoms with Gasteiger partial charge >= 0.3 is 5.97 Å². The van der Waals surface area contributed by atoms with Crippen molar-refractivity contribution in [3.05, 3.63) is 60.2 Å². The number of carbonyl (C=O) groups excluding carboxylic acids is 2. The molecule has 2 aromatic rings. The zero-order chi connectivity index (χ0) is 18.2. The third kappa shape index (κ3) is 6.06. The summed E-state index contributed by atoms with van der Waals surface area (Å²) in [5.41, 5.74) is 7.65. The Morgan fingerprint density at radius 1 is 1.12 bits per heavy atom. The lowest BCUT2D eigenvalue weighted by molar-refractivity contribution is -0.142. The van der Waals surface area contributed by atoms with E-state index in [0.29, 0.717) is 11.4 Å². The third-order valence-corrected chi connectivity index (χ3v) is 3.82. The maximum atomic E-state index is 12.4. The first-order valence-corrected chi connectivity index (χ1v) is 7.92. The van der Waals surface area contributed by atoms with E-state index in [1.807, 2.05) is 30.3 Å². The van der Waals surface area contributed by atoms with Crippen LogP contribution in [0.2, 0.25) is 0 Å². The molecule has 2 unspecified atom stereocenters. The van der Waals surface area contributed by atoms with Crippen LogP contribution in [0.1, 0.15) is 18.5 Å². The highest BCUT2D eigenvalue weighted by Gasteiger charge is 2.22. The van der Waals surface area contributed by atoms with Gasteiger partial charge in [0, 0.05) is 17.8 Å². The summed E-state index contributed by atoms with van der Waals surface area (Å²) < 4.78 is 9.83. The Labute approximate surface area is 159 Å². The van der Waals surface area contributed by atoms with Crippen molar-refractivity contribution in [2.24, 2.45) is 11.7 Å². The molecule has 0 spiro atoms. The fraction of sp³-hybridized carbons (Fsp3) is 0.263. The minimum atomic E-state index is -0.475. The number of hydrogen-bond acceptors (Lipinski definition) is 5. The maximum absolute atomic E-state index is 12.4. The fourth-order valence-corrected chi connectivity index (χ4v) is 2.25. The predicted octanol–water partition coefficient (Wildman–Crippen LogP) is 2.93. The molecule has 2 atom stereocenters. The van der Waals surface area contributed by atoms with Gasteiger partial charge in [0.05, 0.1) is 13.0 Å². The second kappa shape index (κ2) is 10.4. The van der Waals surface area contributed by atoms with Crippen LogP contribution in [0.5, 0.6) is 5.75 Å². The first kappa shape index (κ1) is 21.5. The topological polar surface area (TPSA) is 90.6 Å². The average molecular weight is 379 g/mol. The summed E-state index contributed by atoms with van der Waals surface area (Å²) >= 11 is 0. The Kier molecular flexibility index (Phi) is 8.61. The van der Waals surface area contributed by atoms with Crippen molar-refractivity contribution in [3.8, 4) is 5.75 Å². The van der Waals surface area contributed by atoms with Gasteiger partial charge < -0.3 is 20.5 Å². The molecule has 0 saturated heterocycles. The Morgan fingerprint density at radius 2 is 1.81 bits per heavy atom. The van der Waals surface area contributed by atoms with E-state index in [0.717, 1.165) is 5.56 Å². The van der Waals surface area contributed by atoms with Crippen molar-refractivity contribution in [2.75, 3.05) is 19.0 Å². The van der Waals surface area contributed by atoms with E-state index in [2.05, 4.69) is 10.1 Å². The Bertz CT molecular complexity index is 724. The number of halogens is 1. The lowest BCUT2D eigenvalue weighted by Gasteiger charge is -2.20. The largest absolute Gasteiger partial charge is 0.482 e. The lowest BCUT2D eigenvalue weighted by Crippen LogP contribution is -2.30. The van der Waals surface area contributed by atoms with E-state index in [-0.39, 0.29) is 24.9 Å². The average Bonchev–Trinajstić information content (AvgIpc) is 2.65. The highest BCUT2D eigenvalue weighted by molar-refractivity contribution is 5.93. The molecule has 0 aromatic heterocycles. The second-order valence-electron chi connectivity index (χ2n) is 5.61. The van der Waals surface area contributed by atoms with E-state index in [9.17, 15) is 9.59 Å². The summed E-state index contributed by atoms with van der Waals surface area (Å²) in [5.74, 6) is -0.622. The number of amides is 1. The van der Waals surface area contributed by atoms with Crippen LogP contribution in [0.15, 0.2) is 54.6 Å². The minimum absolute atomic E-state index is 0. The highest BCUT2D eigenvalue weighted by atomic mass is 35.5. The van der Waals surface area contributed by atoms with Crippen molar-refractivity contribution < 1.29 is 19.1 Å². The molecule has 26 heavy (non-hydrogen) atoms. The summed E-state index contributed by atoms with van der Waals surface area (Å²) in [6, 6.07) is 15.9. The van der Waals surface area contributed by atoms with Crippen molar-refractivity contribution in [1.82, 2.24) is 0 Å². The van der Waals surface area contributed by atoms with Gasteiger partial charge in [-0.25, -0.2) is 4.79 Å². The molecule has 3 N–H and O–H groups in total. The number of methoxy groups -OCH3 is 1. The molecule has 1 amide bonds. The van der Waals surface area contributed by atoms with Crippen molar-refractivity contribution >= 4 is 30.0 Å². The van der Waals surface area contributed by atoms with Crippen molar-refractivity contribution in [3.63, 3.8) is 0 Å². The summed E-state index contributed by atoms with van der Waals surface area (Å²) in [6.45, 7) is 1.59. The van der Waals surface area contributed by atoms with Gasteiger partial charge in [-0.15, -0.1) is 12.4 Å². The first-order valence-electron chi connectivity index (χ1n) is 7.92. The van der Waals surface area contributed by atoms with E-state index >= 15 is 0 Å². The number of nitrogens with one attached hydrogen (secondary N) is 1. The monoisotopic (exact) mass is 378 g/mol. The lowest BCUT2D eigenvalue weighted by atomic mass is 9.94. The van der Waals surface area contributed by atoms with Crippen LogP contribution in [0.4, 0.5) is 5.69 Å². The van der Waals surface area contributed by atoms with Gasteiger partial charge in [0.2, 0.25) is 5.91 Å². The summed E-state index contributed by atoms with van der Waals surface area (Å²) in [7, 11) is 1.29. The van der Waals surface area contributed by atoms with Gasteiger partial charge in [-0.2, -0.15) is 0 Å². The molecule has 0 aliphatic heterocycles. The van der Waals surface area contributed by atoms with Crippen LogP contribution in [-0.4, -0.2) is 25.6 Å². The minimum Gasteiger partial charge on any atom is -0.482 e. The van der Waals surface area contributed by atoms with Crippen LogP contribution in [0.3, 0.4) is 0 Å². The predicted molar refractivity (Wildman–Crippen MR) is 102 cm³/mol. The highest BCUT2D eigenvalue weighted by Crippen LogP contribution is 2.22. The van der Waals surface area contributed by atoms with Crippen LogP contribution in [0, 0.1) is 5.92 Å². The zero-order valence-corrected chi connectivity index (χ0v) is 15.5. The molecule has 0 radical (unpaired) electrons. The first-order chi connectivity index (χ1) is 12.0. The molecule has 0 saturated carbocycles. The molecule has 2 rings (SSSR count). The van der Waals surface area contributed by atoms with E-state index < -0.39 is 17.9 Å². The van der Waals surface area contributed by atoms with Gasteiger partial charge in [0.1, 0.15) is 5.75 Å². The Balaban J connectivity index is 0.00000338. The smallest absolute Gasteiger partial charge is 0.343 e. The van der Waals surface area contributed by atoms with Crippen LogP contribution < -0.4 is 15.8 Å². The number of nitrogens with two attached hydrogens (primary N) is 1. The normalized spacial score (nSPS) is 12.3. The molecule has 0 aliphatic rings. The van der Waals surface area contributed by atoms with Crippen molar-refractivity contribution in [2.45, 2.75) is 13.0 Å². The third-order valence-electron chi connectivity index (χ3n) is 3.82. The molecule has 6 nitrogen and oxygen atoms in total. The summed E-state index contributed by atoms with van der Waals surface area (Å²) in [4.78, 5) is 23.6. The molecule has 0 fully saturated rings. The maximum Gasteiger partial charge on any atom is 0.343 e. The molecule has 0 bridgehead atoms. The zero-order valence-electron chi connectivity index (χ0n) is 14.7. The number of esters is 1. The molecule has 0 aliphatic carbocycles. The van der Waals surface area contributed by atoms with Gasteiger partial charge in [0.25, 0.3) is 0 Å². The number of rotatable bonds is 7. The van der Waals surface area contributed by atoms with Gasteiger partial charge in [0.15, 0.2) is 6.61 Å². The van der Waals surface area contributed by atoms with Crippen LogP contribution in [0.25, 0.3) is 0 Å². The number of carbonyl (C=O) groups is 2. The van der Waals surface area contributed by atoms with Gasteiger partial charge in [-0.3, -0.25) is 4.79 Å². The SMILES string of the molecule is COC(=O)COc1cccc(NC(=O)C(C)C(N)c2ccccc2)c1.Cl. The number of benzene rings is 2. The van der Waals surface area contributed by atoms with Gasteiger partial charge in [-0.05, 0) is 17.7 Å². The van der Waals surface area contributed by atoms with E-state index in [1.54, 1.807) is 31.2 Å². The summed E-state index contributed by atoms with van der Waals surface area (Å²) in [6.07, 6.45) is 0. The van der Waals surface area contributed by atoms with Crippen molar-refractivity contribution in [1.29, 1.82) is 0 Å².